The zero-order valence-electron chi connectivity index (χ0n) is 4.50. The van der Waals surface area contributed by atoms with Crippen molar-refractivity contribution in [1.82, 2.24) is 0 Å². The number of benzene rings is 1. The Labute approximate surface area is 57.3 Å². The monoisotopic (exact) mass is 150 g/mol. The van der Waals surface area contributed by atoms with E-state index in [1.807, 2.05) is 0 Å². The molecule has 0 aromatic heterocycles. The molecule has 9 heavy (non-hydrogen) atoms. The molecule has 0 radical (unpaired) electrons. The molecule has 0 spiro atoms. The van der Waals surface area contributed by atoms with E-state index in [0.29, 0.717) is 5.02 Å². The third-order valence-electron chi connectivity index (χ3n) is 0.937. The van der Waals surface area contributed by atoms with Crippen LogP contribution < -0.4 is 0 Å². The Morgan fingerprint density at radius 3 is 2.22 bits per heavy atom. The van der Waals surface area contributed by atoms with E-state index in [4.69, 9.17) is 21.8 Å². The second-order valence-electron chi connectivity index (χ2n) is 1.63. The van der Waals surface area contributed by atoms with Gasteiger partial charge in [0.25, 0.3) is 0 Å². The lowest BCUT2D eigenvalue weighted by Gasteiger charge is -1.94. The normalized spacial score (nSPS) is 9.44. The van der Waals surface area contributed by atoms with Gasteiger partial charge in [-0.1, -0.05) is 11.6 Å². The van der Waals surface area contributed by atoms with E-state index in [2.05, 4.69) is 0 Å². The van der Waals surface area contributed by atoms with Crippen molar-refractivity contribution < 1.29 is 10.2 Å². The Hall–Kier alpha value is -0.890. The van der Waals surface area contributed by atoms with Crippen molar-refractivity contribution in [2.75, 3.05) is 0 Å². The predicted molar refractivity (Wildman–Crippen MR) is 34.8 cm³/mol. The van der Waals surface area contributed by atoms with Crippen LogP contribution in [0.5, 0.6) is 11.5 Å². The van der Waals surface area contributed by atoms with Gasteiger partial charge in [0.05, 0.1) is 0 Å². The highest BCUT2D eigenvalue weighted by atomic mass is 35.5. The lowest BCUT2D eigenvalue weighted by atomic mass is 11.3. The summed E-state index contributed by atoms with van der Waals surface area (Å²) in [4.78, 5) is 0. The Kier molecular flexibility index (Phi) is 1.49. The van der Waals surface area contributed by atoms with Gasteiger partial charge in [0.15, 0.2) is 11.5 Å². The van der Waals surface area contributed by atoms with Gasteiger partial charge in [-0.15, -0.1) is 0 Å². The standard InChI is InChI=1S/C6H5ClO2/c7-4-1-2-5(8)6(9)3-4/h1-3,8-9H/i1+1,2+1,3+1,4+1,5+1,6+1. The van der Waals surface area contributed by atoms with Crippen molar-refractivity contribution in [3.8, 4) is 11.5 Å². The third kappa shape index (κ3) is 1.27. The summed E-state index contributed by atoms with van der Waals surface area (Å²) in [5.74, 6) is -0.345. The van der Waals surface area contributed by atoms with Crippen molar-refractivity contribution in [2.24, 2.45) is 0 Å². The second kappa shape index (κ2) is 2.15. The van der Waals surface area contributed by atoms with Crippen molar-refractivity contribution in [2.45, 2.75) is 0 Å². The zero-order chi connectivity index (χ0) is 6.85. The van der Waals surface area contributed by atoms with Crippen LogP contribution in [0, 0.1) is 0 Å². The summed E-state index contributed by atoms with van der Waals surface area (Å²) in [6.45, 7) is 0. The first-order valence-corrected chi connectivity index (χ1v) is 2.75. The minimum absolute atomic E-state index is 0.153. The lowest BCUT2D eigenvalue weighted by Crippen LogP contribution is -1.66. The summed E-state index contributed by atoms with van der Waals surface area (Å²) in [5.41, 5.74) is 0. The molecule has 3 heteroatoms. The fourth-order valence-electron chi connectivity index (χ4n) is 0.497. The van der Waals surface area contributed by atoms with Gasteiger partial charge in [-0.25, -0.2) is 0 Å². The maximum atomic E-state index is 8.77. The van der Waals surface area contributed by atoms with E-state index in [1.165, 1.54) is 18.2 Å². The SMILES string of the molecule is O[13c]1[13cH][13cH][13c](Cl)[13cH][13c]1O. The van der Waals surface area contributed by atoms with Gasteiger partial charge in [0.1, 0.15) is 0 Å². The van der Waals surface area contributed by atoms with Crippen LogP contribution in [0.1, 0.15) is 0 Å². The van der Waals surface area contributed by atoms with E-state index >= 15 is 0 Å². The molecular formula is C6H5ClO2. The summed E-state index contributed by atoms with van der Waals surface area (Å²) >= 11 is 5.45. The minimum Gasteiger partial charge on any atom is -0.504 e. The number of rotatable bonds is 0. The number of phenolic OH excluding ortho intramolecular Hbond substituents is 2. The summed E-state index contributed by atoms with van der Waals surface area (Å²) in [7, 11) is 0. The second-order valence-corrected chi connectivity index (χ2v) is 2.07. The van der Waals surface area contributed by atoms with Gasteiger partial charge < -0.3 is 10.2 Å². The van der Waals surface area contributed by atoms with Crippen LogP contribution in [-0.2, 0) is 0 Å². The maximum Gasteiger partial charge on any atom is 0.158 e. The Bertz CT molecular complexity index is 222. The molecule has 0 fully saturated rings. The topological polar surface area (TPSA) is 40.5 Å². The average Bonchev–Trinajstić information content (AvgIpc) is 1.80. The lowest BCUT2D eigenvalue weighted by molar-refractivity contribution is 0.404. The van der Waals surface area contributed by atoms with Crippen LogP contribution in [0.3, 0.4) is 0 Å². The summed E-state index contributed by atoms with van der Waals surface area (Å²) in [6.07, 6.45) is 0. The van der Waals surface area contributed by atoms with Crippen LogP contribution in [0.15, 0.2) is 18.2 Å². The van der Waals surface area contributed by atoms with Gasteiger partial charge in [0, 0.05) is 11.1 Å². The highest BCUT2D eigenvalue weighted by Crippen LogP contribution is 2.26. The first-order valence-electron chi connectivity index (χ1n) is 2.37. The molecule has 0 saturated carbocycles. The maximum absolute atomic E-state index is 8.77. The fraction of sp³-hybridized carbons (Fsp3) is 0. The quantitative estimate of drug-likeness (QED) is 0.553. The average molecular weight is 151 g/mol. The van der Waals surface area contributed by atoms with Crippen LogP contribution >= 0.6 is 11.6 Å². The zero-order valence-corrected chi connectivity index (χ0v) is 5.26. The van der Waals surface area contributed by atoms with Gasteiger partial charge in [-0.05, 0) is 12.1 Å². The molecule has 0 aliphatic rings. The molecule has 48 valence electrons. The molecule has 1 aromatic carbocycles. The van der Waals surface area contributed by atoms with Gasteiger partial charge in [0.2, 0.25) is 0 Å². The molecule has 0 aliphatic carbocycles. The van der Waals surface area contributed by atoms with Crippen LogP contribution in [0.4, 0.5) is 0 Å². The van der Waals surface area contributed by atoms with E-state index < -0.39 is 0 Å². The van der Waals surface area contributed by atoms with E-state index in [-0.39, 0.29) is 11.5 Å². The fourth-order valence-corrected chi connectivity index (χ4v) is 0.663. The predicted octanol–water partition coefficient (Wildman–Crippen LogP) is 1.75. The molecule has 0 heterocycles. The Balaban J connectivity index is 3.17. The highest BCUT2D eigenvalue weighted by molar-refractivity contribution is 6.30. The van der Waals surface area contributed by atoms with Crippen LogP contribution in [0.25, 0.3) is 0 Å². The van der Waals surface area contributed by atoms with Crippen molar-refractivity contribution >= 4 is 11.6 Å². The minimum atomic E-state index is -0.192. The van der Waals surface area contributed by atoms with E-state index in [0.717, 1.165) is 0 Å². The highest BCUT2D eigenvalue weighted by Gasteiger charge is 1.96. The van der Waals surface area contributed by atoms with Crippen LogP contribution in [0.2, 0.25) is 5.02 Å². The number of phenols is 2. The van der Waals surface area contributed by atoms with Gasteiger partial charge in [-0.3, -0.25) is 0 Å². The first kappa shape index (κ1) is 6.23. The molecular weight excluding hydrogens is 145 g/mol. The number of hydrogen-bond donors (Lipinski definition) is 2. The molecule has 2 nitrogen and oxygen atoms in total. The number of hydrogen-bond acceptors (Lipinski definition) is 2. The Morgan fingerprint density at radius 1 is 1.11 bits per heavy atom. The third-order valence-corrected chi connectivity index (χ3v) is 1.17. The van der Waals surface area contributed by atoms with E-state index in [9.17, 15) is 0 Å². The molecule has 2 N–H and O–H groups in total. The molecule has 1 rings (SSSR count). The largest absolute Gasteiger partial charge is 0.504 e. The summed E-state index contributed by atoms with van der Waals surface area (Å²) < 4.78 is 0. The molecule has 0 aliphatic heterocycles. The van der Waals surface area contributed by atoms with Crippen molar-refractivity contribution in [1.29, 1.82) is 0 Å². The van der Waals surface area contributed by atoms with Crippen molar-refractivity contribution in [3.05, 3.63) is 23.2 Å². The number of aromatic hydroxyl groups is 2. The number of halogens is 1. The molecule has 1 aromatic rings. The van der Waals surface area contributed by atoms with Crippen LogP contribution in [-0.4, -0.2) is 10.2 Å². The van der Waals surface area contributed by atoms with Gasteiger partial charge >= 0.3 is 0 Å². The summed E-state index contributed by atoms with van der Waals surface area (Å²) in [5, 5.41) is 17.9. The first-order chi connectivity index (χ1) is 4.20. The van der Waals surface area contributed by atoms with E-state index in [1.54, 1.807) is 0 Å². The molecule has 0 amide bonds. The smallest absolute Gasteiger partial charge is 0.158 e. The molecule has 0 saturated heterocycles. The van der Waals surface area contributed by atoms with Gasteiger partial charge in [-0.2, -0.15) is 0 Å². The molecule has 0 bridgehead atoms. The molecule has 0 atom stereocenters. The molecule has 0 unspecified atom stereocenters. The summed E-state index contributed by atoms with van der Waals surface area (Å²) in [6, 6.07) is 4.10. The van der Waals surface area contributed by atoms with Crippen molar-refractivity contribution in [3.63, 3.8) is 0 Å². The Morgan fingerprint density at radius 2 is 1.78 bits per heavy atom.